The van der Waals surface area contributed by atoms with E-state index >= 15 is 0 Å². The highest BCUT2D eigenvalue weighted by atomic mass is 32.2. The van der Waals surface area contributed by atoms with E-state index in [-0.39, 0.29) is 22.7 Å². The van der Waals surface area contributed by atoms with E-state index in [1.807, 2.05) is 13.8 Å². The molecule has 1 atom stereocenters. The van der Waals surface area contributed by atoms with Gasteiger partial charge in [-0.15, -0.1) is 11.3 Å². The lowest BCUT2D eigenvalue weighted by atomic mass is 10.4. The summed E-state index contributed by atoms with van der Waals surface area (Å²) in [6.07, 6.45) is 0.903. The van der Waals surface area contributed by atoms with Crippen molar-refractivity contribution < 1.29 is 9.59 Å². The highest BCUT2D eigenvalue weighted by Crippen LogP contribution is 2.24. The second-order valence-electron chi connectivity index (χ2n) is 5.04. The molecular formula is C15H18N4O3S2. The number of amides is 2. The topological polar surface area (TPSA) is 104 Å². The second kappa shape index (κ2) is 8.11. The molecule has 0 unspecified atom stereocenters. The number of thioether (sulfide) groups is 1. The van der Waals surface area contributed by atoms with Gasteiger partial charge in [-0.1, -0.05) is 31.7 Å². The molecule has 2 aromatic rings. The molecule has 0 aliphatic heterocycles. The van der Waals surface area contributed by atoms with Crippen LogP contribution >= 0.6 is 23.1 Å². The van der Waals surface area contributed by atoms with Gasteiger partial charge in [0.1, 0.15) is 0 Å². The first-order chi connectivity index (χ1) is 11.4. The van der Waals surface area contributed by atoms with Crippen LogP contribution in [0.3, 0.4) is 0 Å². The monoisotopic (exact) mass is 366 g/mol. The predicted molar refractivity (Wildman–Crippen MR) is 97.0 cm³/mol. The molecule has 2 aromatic heterocycles. The lowest BCUT2D eigenvalue weighted by molar-refractivity contribution is -0.114. The molecule has 3 N–H and O–H groups in total. The first kappa shape index (κ1) is 18.2. The summed E-state index contributed by atoms with van der Waals surface area (Å²) in [6.45, 7) is 5.35. The van der Waals surface area contributed by atoms with Crippen molar-refractivity contribution in [1.29, 1.82) is 0 Å². The number of nitrogens with zero attached hydrogens (tertiary/aromatic N) is 1. The van der Waals surface area contributed by atoms with Crippen LogP contribution in [0.15, 0.2) is 27.5 Å². The zero-order chi connectivity index (χ0) is 17.7. The van der Waals surface area contributed by atoms with Crippen LogP contribution < -0.4 is 16.2 Å². The van der Waals surface area contributed by atoms with E-state index in [1.54, 1.807) is 17.5 Å². The van der Waals surface area contributed by atoms with E-state index in [9.17, 15) is 14.4 Å². The van der Waals surface area contributed by atoms with Gasteiger partial charge in [0.05, 0.1) is 4.88 Å². The minimum absolute atomic E-state index is 0.0435. The summed E-state index contributed by atoms with van der Waals surface area (Å²) in [6, 6.07) is 3.38. The Balaban J connectivity index is 2.36. The first-order valence-corrected chi connectivity index (χ1v) is 9.10. The summed E-state index contributed by atoms with van der Waals surface area (Å²) in [5, 5.41) is 7.44. The number of thiophene rings is 1. The van der Waals surface area contributed by atoms with Crippen LogP contribution in [-0.4, -0.2) is 27.0 Å². The Kier molecular flexibility index (Phi) is 6.16. The number of hydrogen-bond acceptors (Lipinski definition) is 6. The van der Waals surface area contributed by atoms with E-state index in [0.29, 0.717) is 10.0 Å². The number of nitrogens with one attached hydrogen (secondary N) is 3. The number of aromatic nitrogens is 2. The van der Waals surface area contributed by atoms with Crippen molar-refractivity contribution in [2.24, 2.45) is 0 Å². The van der Waals surface area contributed by atoms with Gasteiger partial charge in [0.15, 0.2) is 16.7 Å². The number of rotatable bonds is 6. The van der Waals surface area contributed by atoms with Gasteiger partial charge in [-0.25, -0.2) is 4.98 Å². The molecule has 0 saturated heterocycles. The van der Waals surface area contributed by atoms with Crippen molar-refractivity contribution in [3.05, 3.63) is 32.7 Å². The van der Waals surface area contributed by atoms with Crippen LogP contribution in [0.2, 0.25) is 0 Å². The van der Waals surface area contributed by atoms with Crippen molar-refractivity contribution in [3.63, 3.8) is 0 Å². The molecule has 0 radical (unpaired) electrons. The predicted octanol–water partition coefficient (Wildman–Crippen LogP) is 2.93. The second-order valence-corrected chi connectivity index (χ2v) is 7.42. The summed E-state index contributed by atoms with van der Waals surface area (Å²) < 4.78 is 0. The van der Waals surface area contributed by atoms with Crippen molar-refractivity contribution in [1.82, 2.24) is 9.97 Å². The SMILES string of the molecule is CC[C@H](C)Sc1nc(NC(C)=O)c(NC(=O)c2cccs2)c(=O)[nH]1. The molecule has 128 valence electrons. The minimum Gasteiger partial charge on any atom is -0.314 e. The molecular weight excluding hydrogens is 348 g/mol. The third-order valence-corrected chi connectivity index (χ3v) is 5.08. The number of anilines is 2. The van der Waals surface area contributed by atoms with E-state index < -0.39 is 11.5 Å². The summed E-state index contributed by atoms with van der Waals surface area (Å²) >= 11 is 2.65. The van der Waals surface area contributed by atoms with Gasteiger partial charge < -0.3 is 10.6 Å². The van der Waals surface area contributed by atoms with Crippen molar-refractivity contribution in [3.8, 4) is 0 Å². The summed E-state index contributed by atoms with van der Waals surface area (Å²) in [5.41, 5.74) is -0.582. The van der Waals surface area contributed by atoms with Gasteiger partial charge in [0.25, 0.3) is 11.5 Å². The summed E-state index contributed by atoms with van der Waals surface area (Å²) in [4.78, 5) is 43.3. The molecule has 0 fully saturated rings. The Morgan fingerprint density at radius 1 is 1.42 bits per heavy atom. The third kappa shape index (κ3) is 4.68. The van der Waals surface area contributed by atoms with Crippen molar-refractivity contribution >= 4 is 46.4 Å². The number of aromatic amines is 1. The average molecular weight is 366 g/mol. The van der Waals surface area contributed by atoms with E-state index in [4.69, 9.17) is 0 Å². The standard InChI is InChI=1S/C15H18N4O3S2/c1-4-8(2)24-15-18-12(16-9(3)20)11(14(22)19-15)17-13(21)10-6-5-7-23-10/h5-8H,4H2,1-3H3,(H,17,21)(H2,16,18,19,20,22)/t8-/m0/s1. The molecule has 2 amide bonds. The Morgan fingerprint density at radius 2 is 2.17 bits per heavy atom. The van der Waals surface area contributed by atoms with Gasteiger partial charge in [-0.05, 0) is 17.9 Å². The number of carbonyl (C=O) groups is 2. The molecule has 2 heterocycles. The highest BCUT2D eigenvalue weighted by Gasteiger charge is 2.18. The van der Waals surface area contributed by atoms with Gasteiger partial charge in [-0.2, -0.15) is 0 Å². The van der Waals surface area contributed by atoms with E-state index in [1.165, 1.54) is 30.0 Å². The average Bonchev–Trinajstić information content (AvgIpc) is 3.04. The van der Waals surface area contributed by atoms with Crippen LogP contribution in [0.5, 0.6) is 0 Å². The fourth-order valence-corrected chi connectivity index (χ4v) is 3.20. The number of carbonyl (C=O) groups excluding carboxylic acids is 2. The smallest absolute Gasteiger partial charge is 0.277 e. The Bertz CT molecular complexity index is 787. The van der Waals surface area contributed by atoms with Crippen LogP contribution in [0.4, 0.5) is 11.5 Å². The molecule has 24 heavy (non-hydrogen) atoms. The molecule has 0 saturated carbocycles. The third-order valence-electron chi connectivity index (χ3n) is 3.06. The first-order valence-electron chi connectivity index (χ1n) is 7.34. The maximum Gasteiger partial charge on any atom is 0.277 e. The normalized spacial score (nSPS) is 11.8. The largest absolute Gasteiger partial charge is 0.314 e. The molecule has 2 rings (SSSR count). The molecule has 7 nitrogen and oxygen atoms in total. The number of H-pyrrole nitrogens is 1. The maximum atomic E-state index is 12.3. The molecule has 0 spiro atoms. The Labute approximate surface area is 147 Å². The highest BCUT2D eigenvalue weighted by molar-refractivity contribution is 7.99. The van der Waals surface area contributed by atoms with Crippen LogP contribution in [0.1, 0.15) is 36.9 Å². The van der Waals surface area contributed by atoms with Gasteiger partial charge >= 0.3 is 0 Å². The fraction of sp³-hybridized carbons (Fsp3) is 0.333. The van der Waals surface area contributed by atoms with Gasteiger partial charge in [0, 0.05) is 12.2 Å². The number of hydrogen-bond donors (Lipinski definition) is 3. The zero-order valence-corrected chi connectivity index (χ0v) is 15.1. The van der Waals surface area contributed by atoms with Gasteiger partial charge in [0.2, 0.25) is 5.91 Å². The van der Waals surface area contributed by atoms with Crippen LogP contribution in [-0.2, 0) is 4.79 Å². The Morgan fingerprint density at radius 3 is 2.75 bits per heavy atom. The summed E-state index contributed by atoms with van der Waals surface area (Å²) in [5.74, 6) is -0.757. The lowest BCUT2D eigenvalue weighted by Crippen LogP contribution is -2.24. The van der Waals surface area contributed by atoms with Crippen molar-refractivity contribution in [2.75, 3.05) is 10.6 Å². The quantitative estimate of drug-likeness (QED) is 0.539. The van der Waals surface area contributed by atoms with Crippen LogP contribution in [0, 0.1) is 0 Å². The molecule has 0 aliphatic rings. The molecule has 9 heteroatoms. The fourth-order valence-electron chi connectivity index (χ4n) is 1.74. The molecule has 0 aliphatic carbocycles. The summed E-state index contributed by atoms with van der Waals surface area (Å²) in [7, 11) is 0. The molecule has 0 bridgehead atoms. The van der Waals surface area contributed by atoms with Crippen LogP contribution in [0.25, 0.3) is 0 Å². The maximum absolute atomic E-state index is 12.3. The van der Waals surface area contributed by atoms with E-state index in [2.05, 4.69) is 20.6 Å². The van der Waals surface area contributed by atoms with Gasteiger partial charge in [-0.3, -0.25) is 19.4 Å². The zero-order valence-electron chi connectivity index (χ0n) is 13.5. The Hall–Kier alpha value is -2.13. The minimum atomic E-state index is -0.510. The lowest BCUT2D eigenvalue weighted by Gasteiger charge is -2.12. The van der Waals surface area contributed by atoms with Crippen molar-refractivity contribution in [2.45, 2.75) is 37.6 Å². The van der Waals surface area contributed by atoms with E-state index in [0.717, 1.165) is 6.42 Å². The molecule has 0 aromatic carbocycles.